The molecule has 0 bridgehead atoms. The van der Waals surface area contributed by atoms with Crippen LogP contribution in [0.15, 0.2) is 4.99 Å². The number of halogens is 2. The van der Waals surface area contributed by atoms with Crippen molar-refractivity contribution < 1.29 is 8.78 Å². The smallest absolute Gasteiger partial charge is 0.273 e. The van der Waals surface area contributed by atoms with E-state index in [1.165, 1.54) is 11.9 Å². The van der Waals surface area contributed by atoms with Gasteiger partial charge in [0.25, 0.3) is 5.92 Å². The molecule has 0 aromatic heterocycles. The van der Waals surface area contributed by atoms with E-state index in [2.05, 4.69) is 10.3 Å². The van der Waals surface area contributed by atoms with E-state index in [0.717, 1.165) is 0 Å². The number of likely N-dealkylation sites (tertiary alicyclic amines) is 1. The highest BCUT2D eigenvalue weighted by Gasteiger charge is 2.60. The maximum Gasteiger partial charge on any atom is 0.273 e. The first-order valence-corrected chi connectivity index (χ1v) is 5.06. The third-order valence-corrected chi connectivity index (χ3v) is 3.51. The molecule has 6 heteroatoms. The van der Waals surface area contributed by atoms with Gasteiger partial charge in [0.1, 0.15) is 0 Å². The zero-order valence-corrected chi connectivity index (χ0v) is 8.76. The van der Waals surface area contributed by atoms with Crippen molar-refractivity contribution in [3.63, 3.8) is 0 Å². The van der Waals surface area contributed by atoms with Crippen LogP contribution >= 0.6 is 0 Å². The Morgan fingerprint density at radius 1 is 1.47 bits per heavy atom. The van der Waals surface area contributed by atoms with E-state index in [4.69, 9.17) is 5.73 Å². The maximum absolute atomic E-state index is 13.9. The van der Waals surface area contributed by atoms with Gasteiger partial charge in [0.2, 0.25) is 0 Å². The standard InChI is InChI=1S/C9H16F2N4/c1-13-7(12)15-3-2-8(4-14-5-8)9(10,11)6-15/h14H,2-6H2,1H3,(H2,12,13). The minimum Gasteiger partial charge on any atom is -0.370 e. The van der Waals surface area contributed by atoms with Crippen molar-refractivity contribution in [3.8, 4) is 0 Å². The SMILES string of the molecule is CN=C(N)N1CCC2(CNC2)C(F)(F)C1. The first kappa shape index (κ1) is 10.6. The number of piperidine rings is 1. The molecule has 0 radical (unpaired) electrons. The zero-order valence-electron chi connectivity index (χ0n) is 8.76. The summed E-state index contributed by atoms with van der Waals surface area (Å²) >= 11 is 0. The van der Waals surface area contributed by atoms with Crippen LogP contribution in [-0.2, 0) is 0 Å². The number of nitrogens with zero attached hydrogens (tertiary/aromatic N) is 2. The summed E-state index contributed by atoms with van der Waals surface area (Å²) in [5.41, 5.74) is 4.71. The molecule has 2 rings (SSSR count). The highest BCUT2D eigenvalue weighted by Crippen LogP contribution is 2.46. The van der Waals surface area contributed by atoms with Crippen molar-refractivity contribution in [1.82, 2.24) is 10.2 Å². The molecule has 2 aliphatic rings. The Bertz CT molecular complexity index is 286. The first-order valence-electron chi connectivity index (χ1n) is 5.06. The van der Waals surface area contributed by atoms with Crippen molar-refractivity contribution in [3.05, 3.63) is 0 Å². The molecule has 0 unspecified atom stereocenters. The number of rotatable bonds is 0. The fourth-order valence-electron chi connectivity index (χ4n) is 2.22. The number of guanidine groups is 1. The van der Waals surface area contributed by atoms with E-state index >= 15 is 0 Å². The lowest BCUT2D eigenvalue weighted by atomic mass is 9.70. The summed E-state index contributed by atoms with van der Waals surface area (Å²) in [4.78, 5) is 5.20. The molecular formula is C9H16F2N4. The molecule has 2 saturated heterocycles. The van der Waals surface area contributed by atoms with Crippen LogP contribution in [0.5, 0.6) is 0 Å². The van der Waals surface area contributed by atoms with Gasteiger partial charge >= 0.3 is 0 Å². The molecule has 2 fully saturated rings. The van der Waals surface area contributed by atoms with Crippen molar-refractivity contribution in [2.24, 2.45) is 16.1 Å². The van der Waals surface area contributed by atoms with Gasteiger partial charge in [0.05, 0.1) is 12.0 Å². The van der Waals surface area contributed by atoms with Crippen LogP contribution in [0.4, 0.5) is 8.78 Å². The molecule has 1 spiro atoms. The highest BCUT2D eigenvalue weighted by atomic mass is 19.3. The second kappa shape index (κ2) is 3.30. The highest BCUT2D eigenvalue weighted by molar-refractivity contribution is 5.78. The molecule has 0 aromatic carbocycles. The normalized spacial score (nSPS) is 29.0. The molecule has 3 N–H and O–H groups in total. The van der Waals surface area contributed by atoms with Gasteiger partial charge in [-0.1, -0.05) is 0 Å². The molecule has 4 nitrogen and oxygen atoms in total. The minimum atomic E-state index is -2.67. The number of alkyl halides is 2. The molecule has 0 aliphatic carbocycles. The van der Waals surface area contributed by atoms with E-state index < -0.39 is 11.3 Å². The number of aliphatic imine (C=N–C) groups is 1. The van der Waals surface area contributed by atoms with Crippen LogP contribution in [0.2, 0.25) is 0 Å². The van der Waals surface area contributed by atoms with Crippen molar-refractivity contribution >= 4 is 5.96 Å². The molecule has 15 heavy (non-hydrogen) atoms. The lowest BCUT2D eigenvalue weighted by Crippen LogP contribution is -2.69. The van der Waals surface area contributed by atoms with Crippen LogP contribution in [0, 0.1) is 5.41 Å². The number of hydrogen-bond acceptors (Lipinski definition) is 2. The van der Waals surface area contributed by atoms with Crippen molar-refractivity contribution in [2.75, 3.05) is 33.2 Å². The number of hydrogen-bond donors (Lipinski definition) is 2. The summed E-state index contributed by atoms with van der Waals surface area (Å²) in [6, 6.07) is 0. The predicted molar refractivity (Wildman–Crippen MR) is 54.0 cm³/mol. The first-order chi connectivity index (χ1) is 7.01. The van der Waals surface area contributed by atoms with E-state index in [0.29, 0.717) is 26.1 Å². The van der Waals surface area contributed by atoms with E-state index in [1.54, 1.807) is 0 Å². The molecule has 0 atom stereocenters. The fraction of sp³-hybridized carbons (Fsp3) is 0.889. The maximum atomic E-state index is 13.9. The lowest BCUT2D eigenvalue weighted by molar-refractivity contribution is -0.178. The number of nitrogens with two attached hydrogens (primary N) is 1. The van der Waals surface area contributed by atoms with Gasteiger partial charge < -0.3 is 16.0 Å². The predicted octanol–water partition coefficient (Wildman–Crippen LogP) is -0.139. The second-order valence-electron chi connectivity index (χ2n) is 4.34. The summed E-state index contributed by atoms with van der Waals surface area (Å²) in [7, 11) is 1.52. The monoisotopic (exact) mass is 218 g/mol. The van der Waals surface area contributed by atoms with E-state index in [-0.39, 0.29) is 12.5 Å². The summed E-state index contributed by atoms with van der Waals surface area (Å²) < 4.78 is 27.7. The average Bonchev–Trinajstić information content (AvgIpc) is 2.12. The minimum absolute atomic E-state index is 0.205. The Morgan fingerprint density at radius 3 is 2.53 bits per heavy atom. The summed E-state index contributed by atoms with van der Waals surface area (Å²) in [5.74, 6) is -2.47. The second-order valence-corrected chi connectivity index (χ2v) is 4.34. The van der Waals surface area contributed by atoms with Crippen molar-refractivity contribution in [1.29, 1.82) is 0 Å². The van der Waals surface area contributed by atoms with Crippen molar-refractivity contribution in [2.45, 2.75) is 12.3 Å². The molecule has 2 heterocycles. The molecule has 86 valence electrons. The average molecular weight is 218 g/mol. The molecular weight excluding hydrogens is 202 g/mol. The van der Waals surface area contributed by atoms with Crippen LogP contribution in [-0.4, -0.2) is 50.0 Å². The third-order valence-electron chi connectivity index (χ3n) is 3.51. The lowest BCUT2D eigenvalue weighted by Gasteiger charge is -2.53. The molecule has 0 amide bonds. The van der Waals surface area contributed by atoms with Gasteiger partial charge in [-0.25, -0.2) is 8.78 Å². The van der Waals surface area contributed by atoms with Crippen LogP contribution in [0.3, 0.4) is 0 Å². The summed E-state index contributed by atoms with van der Waals surface area (Å²) in [6.45, 7) is 1.09. The Hall–Kier alpha value is -0.910. The van der Waals surface area contributed by atoms with Gasteiger partial charge in [0.15, 0.2) is 5.96 Å². The van der Waals surface area contributed by atoms with Crippen LogP contribution < -0.4 is 11.1 Å². The van der Waals surface area contributed by atoms with Gasteiger partial charge in [-0.3, -0.25) is 4.99 Å². The summed E-state index contributed by atoms with van der Waals surface area (Å²) in [5, 5.41) is 2.93. The molecule has 0 aromatic rings. The Balaban J connectivity index is 2.11. The Labute approximate surface area is 87.5 Å². The van der Waals surface area contributed by atoms with E-state index in [9.17, 15) is 8.78 Å². The Kier molecular flexibility index (Phi) is 2.33. The molecule has 0 saturated carbocycles. The van der Waals surface area contributed by atoms with Gasteiger partial charge in [0, 0.05) is 26.7 Å². The van der Waals surface area contributed by atoms with Gasteiger partial charge in [-0.15, -0.1) is 0 Å². The Morgan fingerprint density at radius 2 is 2.13 bits per heavy atom. The largest absolute Gasteiger partial charge is 0.370 e. The van der Waals surface area contributed by atoms with E-state index in [1.807, 2.05) is 0 Å². The van der Waals surface area contributed by atoms with Gasteiger partial charge in [-0.05, 0) is 6.42 Å². The topological polar surface area (TPSA) is 53.6 Å². The van der Waals surface area contributed by atoms with Gasteiger partial charge in [-0.2, -0.15) is 0 Å². The number of nitrogens with one attached hydrogen (secondary N) is 1. The quantitative estimate of drug-likeness (QED) is 0.439. The summed E-state index contributed by atoms with van der Waals surface area (Å²) in [6.07, 6.45) is 0.475. The van der Waals surface area contributed by atoms with Crippen LogP contribution in [0.1, 0.15) is 6.42 Å². The molecule has 2 aliphatic heterocycles. The third kappa shape index (κ3) is 1.47. The zero-order chi connectivity index (χ0) is 11.1. The fourth-order valence-corrected chi connectivity index (χ4v) is 2.22. The van der Waals surface area contributed by atoms with Crippen LogP contribution in [0.25, 0.3) is 0 Å².